The Labute approximate surface area is 147 Å². The van der Waals surface area contributed by atoms with Crippen LogP contribution in [0.25, 0.3) is 0 Å². The molecule has 1 aromatic heterocycles. The van der Waals surface area contributed by atoms with E-state index < -0.39 is 5.97 Å². The maximum absolute atomic E-state index is 12.8. The molecule has 2 aromatic rings. The van der Waals surface area contributed by atoms with Crippen molar-refractivity contribution in [3.63, 3.8) is 0 Å². The predicted molar refractivity (Wildman–Crippen MR) is 93.4 cm³/mol. The highest BCUT2D eigenvalue weighted by Gasteiger charge is 2.29. The fourth-order valence-electron chi connectivity index (χ4n) is 3.48. The minimum Gasteiger partial charge on any atom is -0.478 e. The molecule has 0 saturated carbocycles. The van der Waals surface area contributed by atoms with Gasteiger partial charge < -0.3 is 10.0 Å². The van der Waals surface area contributed by atoms with Crippen molar-refractivity contribution in [1.82, 2.24) is 14.7 Å². The van der Waals surface area contributed by atoms with Gasteiger partial charge in [-0.3, -0.25) is 9.48 Å². The number of aryl methyl sites for hydroxylation is 1. The number of piperidine rings is 1. The molecule has 6 nitrogen and oxygen atoms in total. The quantitative estimate of drug-likeness (QED) is 0.928. The zero-order valence-electron chi connectivity index (χ0n) is 14.6. The molecule has 2 heterocycles. The van der Waals surface area contributed by atoms with Gasteiger partial charge in [-0.2, -0.15) is 5.10 Å². The van der Waals surface area contributed by atoms with Crippen LogP contribution in [0.4, 0.5) is 0 Å². The number of carbonyl (C=O) groups is 2. The van der Waals surface area contributed by atoms with Gasteiger partial charge >= 0.3 is 5.97 Å². The van der Waals surface area contributed by atoms with Crippen LogP contribution in [0.1, 0.15) is 52.4 Å². The molecule has 1 aliphatic rings. The molecule has 132 valence electrons. The smallest absolute Gasteiger partial charge is 0.338 e. The summed E-state index contributed by atoms with van der Waals surface area (Å²) in [6, 6.07) is 6.32. The number of aromatic nitrogens is 2. The van der Waals surface area contributed by atoms with E-state index in [0.29, 0.717) is 0 Å². The van der Waals surface area contributed by atoms with E-state index in [-0.39, 0.29) is 24.1 Å². The molecule has 1 saturated heterocycles. The number of benzene rings is 1. The van der Waals surface area contributed by atoms with Gasteiger partial charge in [0.05, 0.1) is 17.8 Å². The fraction of sp³-hybridized carbons (Fsp3) is 0.421. The van der Waals surface area contributed by atoms with Gasteiger partial charge in [0.15, 0.2) is 0 Å². The molecule has 6 heteroatoms. The minimum absolute atomic E-state index is 0.0226. The Kier molecular flexibility index (Phi) is 4.88. The van der Waals surface area contributed by atoms with Gasteiger partial charge in [0.25, 0.3) is 0 Å². The van der Waals surface area contributed by atoms with Crippen LogP contribution >= 0.6 is 0 Å². The normalized spacial score (nSPS) is 17.5. The van der Waals surface area contributed by atoms with Gasteiger partial charge in [0, 0.05) is 12.7 Å². The highest BCUT2D eigenvalue weighted by atomic mass is 16.4. The number of amides is 1. The highest BCUT2D eigenvalue weighted by Crippen LogP contribution is 2.33. The van der Waals surface area contributed by atoms with E-state index in [2.05, 4.69) is 31.1 Å². The lowest BCUT2D eigenvalue weighted by Gasteiger charge is -2.37. The maximum atomic E-state index is 12.8. The first-order valence-electron chi connectivity index (χ1n) is 8.58. The van der Waals surface area contributed by atoms with Gasteiger partial charge in [-0.25, -0.2) is 4.79 Å². The standard InChI is InChI=1S/C19H23N3O3/c1-13-6-5-7-16(14(13)2)17-8-3-4-9-22(17)18(23)12-21-11-15(10-20-21)19(24)25/h5-7,10-11,17H,3-4,8-9,12H2,1-2H3,(H,24,25). The highest BCUT2D eigenvalue weighted by molar-refractivity contribution is 5.87. The third-order valence-corrected chi connectivity index (χ3v) is 5.01. The summed E-state index contributed by atoms with van der Waals surface area (Å²) in [6.45, 7) is 4.98. The average molecular weight is 341 g/mol. The summed E-state index contributed by atoms with van der Waals surface area (Å²) < 4.78 is 1.40. The molecule has 1 aromatic carbocycles. The second kappa shape index (κ2) is 7.09. The summed E-state index contributed by atoms with van der Waals surface area (Å²) in [7, 11) is 0. The van der Waals surface area contributed by atoms with Gasteiger partial charge in [-0.05, 0) is 49.8 Å². The minimum atomic E-state index is -1.04. The van der Waals surface area contributed by atoms with Crippen LogP contribution in [0.3, 0.4) is 0 Å². The van der Waals surface area contributed by atoms with E-state index in [0.717, 1.165) is 25.8 Å². The van der Waals surface area contributed by atoms with Gasteiger partial charge in [-0.1, -0.05) is 18.2 Å². The SMILES string of the molecule is Cc1cccc(C2CCCCN2C(=O)Cn2cc(C(=O)O)cn2)c1C. The summed E-state index contributed by atoms with van der Waals surface area (Å²) >= 11 is 0. The van der Waals surface area contributed by atoms with Crippen molar-refractivity contribution in [3.05, 3.63) is 52.8 Å². The Hall–Kier alpha value is -2.63. The van der Waals surface area contributed by atoms with Crippen molar-refractivity contribution in [2.45, 2.75) is 45.7 Å². The Balaban J connectivity index is 1.81. The van der Waals surface area contributed by atoms with Crippen molar-refractivity contribution >= 4 is 11.9 Å². The van der Waals surface area contributed by atoms with Crippen LogP contribution in [0.5, 0.6) is 0 Å². The van der Waals surface area contributed by atoms with Crippen molar-refractivity contribution in [2.24, 2.45) is 0 Å². The first-order chi connectivity index (χ1) is 12.0. The predicted octanol–water partition coefficient (Wildman–Crippen LogP) is 2.95. The summed E-state index contributed by atoms with van der Waals surface area (Å²) in [4.78, 5) is 25.7. The largest absolute Gasteiger partial charge is 0.478 e. The van der Waals surface area contributed by atoms with Crippen molar-refractivity contribution < 1.29 is 14.7 Å². The zero-order valence-corrected chi connectivity index (χ0v) is 14.6. The second-order valence-electron chi connectivity index (χ2n) is 6.62. The first kappa shape index (κ1) is 17.2. The number of hydrogen-bond donors (Lipinski definition) is 1. The molecule has 0 bridgehead atoms. The Morgan fingerprint density at radius 1 is 1.28 bits per heavy atom. The molecule has 1 fully saturated rings. The summed E-state index contributed by atoms with van der Waals surface area (Å²) in [5, 5.41) is 13.0. The molecule has 1 aliphatic heterocycles. The molecule has 0 radical (unpaired) electrons. The summed E-state index contributed by atoms with van der Waals surface area (Å²) in [6.07, 6.45) is 5.72. The molecule has 3 rings (SSSR count). The molecule has 1 N–H and O–H groups in total. The van der Waals surface area contributed by atoms with Gasteiger partial charge in [0.1, 0.15) is 6.54 Å². The molecular weight excluding hydrogens is 318 g/mol. The average Bonchev–Trinajstić information content (AvgIpc) is 3.06. The van der Waals surface area contributed by atoms with Crippen LogP contribution in [-0.2, 0) is 11.3 Å². The number of nitrogens with zero attached hydrogens (tertiary/aromatic N) is 3. The number of carbonyl (C=O) groups excluding carboxylic acids is 1. The lowest BCUT2D eigenvalue weighted by atomic mass is 9.90. The van der Waals surface area contributed by atoms with E-state index in [1.54, 1.807) is 0 Å². The summed E-state index contributed by atoms with van der Waals surface area (Å²) in [5.74, 6) is -1.06. The number of aromatic carboxylic acids is 1. The lowest BCUT2D eigenvalue weighted by molar-refractivity contribution is -0.136. The number of likely N-dealkylation sites (tertiary alicyclic amines) is 1. The fourth-order valence-corrected chi connectivity index (χ4v) is 3.48. The van der Waals surface area contributed by atoms with Crippen LogP contribution in [0.15, 0.2) is 30.6 Å². The second-order valence-corrected chi connectivity index (χ2v) is 6.62. The van der Waals surface area contributed by atoms with Crippen molar-refractivity contribution in [2.75, 3.05) is 6.54 Å². The molecule has 25 heavy (non-hydrogen) atoms. The Bertz CT molecular complexity index is 797. The van der Waals surface area contributed by atoms with Gasteiger partial charge in [0.2, 0.25) is 5.91 Å². The third kappa shape index (κ3) is 3.57. The van der Waals surface area contributed by atoms with E-state index in [9.17, 15) is 9.59 Å². The molecule has 0 aliphatic carbocycles. The lowest BCUT2D eigenvalue weighted by Crippen LogP contribution is -2.40. The Morgan fingerprint density at radius 3 is 2.80 bits per heavy atom. The van der Waals surface area contributed by atoms with Crippen molar-refractivity contribution in [3.8, 4) is 0 Å². The van der Waals surface area contributed by atoms with E-state index in [1.807, 2.05) is 11.0 Å². The van der Waals surface area contributed by atoms with Crippen LogP contribution in [-0.4, -0.2) is 38.2 Å². The molecular formula is C19H23N3O3. The van der Waals surface area contributed by atoms with E-state index in [1.165, 1.54) is 33.8 Å². The van der Waals surface area contributed by atoms with Crippen LogP contribution < -0.4 is 0 Å². The van der Waals surface area contributed by atoms with Crippen molar-refractivity contribution in [1.29, 1.82) is 0 Å². The molecule has 0 spiro atoms. The number of carboxylic acids is 1. The third-order valence-electron chi connectivity index (χ3n) is 5.01. The zero-order chi connectivity index (χ0) is 18.0. The first-order valence-corrected chi connectivity index (χ1v) is 8.58. The van der Waals surface area contributed by atoms with Gasteiger partial charge in [-0.15, -0.1) is 0 Å². The number of carboxylic acid groups (broad SMARTS) is 1. The van der Waals surface area contributed by atoms with Crippen LogP contribution in [0, 0.1) is 13.8 Å². The monoisotopic (exact) mass is 341 g/mol. The number of rotatable bonds is 4. The van der Waals surface area contributed by atoms with E-state index >= 15 is 0 Å². The Morgan fingerprint density at radius 2 is 2.08 bits per heavy atom. The topological polar surface area (TPSA) is 75.4 Å². The van der Waals surface area contributed by atoms with Crippen LogP contribution in [0.2, 0.25) is 0 Å². The molecule has 1 atom stereocenters. The maximum Gasteiger partial charge on any atom is 0.338 e. The number of hydrogen-bond acceptors (Lipinski definition) is 3. The van der Waals surface area contributed by atoms with E-state index in [4.69, 9.17) is 5.11 Å². The summed E-state index contributed by atoms with van der Waals surface area (Å²) in [5.41, 5.74) is 3.77. The molecule has 1 unspecified atom stereocenters. The molecule has 1 amide bonds.